The number of nitrogens with zero attached hydrogens (tertiary/aromatic N) is 8. The van der Waals surface area contributed by atoms with Crippen molar-refractivity contribution in [2.24, 2.45) is 0 Å². The molecule has 0 bridgehead atoms. The van der Waals surface area contributed by atoms with Crippen LogP contribution in [-0.4, -0.2) is 39.6 Å². The van der Waals surface area contributed by atoms with Crippen molar-refractivity contribution in [3.8, 4) is 43.9 Å². The van der Waals surface area contributed by atoms with E-state index in [2.05, 4.69) is 114 Å². The number of aromatic nitrogens is 8. The molecular weight excluding hydrogens is 718 g/mol. The zero-order valence-corrected chi connectivity index (χ0v) is 24.0. The first kappa shape index (κ1) is 22.4. The number of hydrogen-bond donors (Lipinski definition) is 0. The Morgan fingerprint density at radius 1 is 0.472 bits per heavy atom. The predicted octanol–water partition coefficient (Wildman–Crippen LogP) is 6.56. The molecular formula is C24H12I2N8S2. The van der Waals surface area contributed by atoms with Crippen molar-refractivity contribution in [3.05, 3.63) is 79.9 Å². The third-order valence-electron chi connectivity index (χ3n) is 5.57. The average molecular weight is 730 g/mol. The topological polar surface area (TPSA) is 86.2 Å². The Labute approximate surface area is 239 Å². The molecule has 0 aliphatic rings. The molecule has 0 N–H and O–H groups in total. The van der Waals surface area contributed by atoms with Gasteiger partial charge in [0.2, 0.25) is 9.92 Å². The number of rotatable bonds is 4. The van der Waals surface area contributed by atoms with Gasteiger partial charge in [0.1, 0.15) is 10.0 Å². The van der Waals surface area contributed by atoms with Crippen molar-refractivity contribution < 1.29 is 0 Å². The van der Waals surface area contributed by atoms with Crippen molar-refractivity contribution in [2.45, 2.75) is 0 Å². The van der Waals surface area contributed by atoms with Crippen LogP contribution < -0.4 is 0 Å². The second-order valence-corrected chi connectivity index (χ2v) is 12.2. The maximum absolute atomic E-state index is 4.79. The summed E-state index contributed by atoms with van der Waals surface area (Å²) in [5.41, 5.74) is 4.02. The lowest BCUT2D eigenvalue weighted by Gasteiger charge is -2.00. The SMILES string of the molecule is Ic1ccc(-c2nnc3sc(-c4ccc(-c5nn6c(-c7ccc(I)cc7)nnc6s5)cc4)nn23)cc1. The molecule has 0 fully saturated rings. The summed E-state index contributed by atoms with van der Waals surface area (Å²) >= 11 is 7.62. The van der Waals surface area contributed by atoms with Crippen LogP contribution in [0.5, 0.6) is 0 Å². The van der Waals surface area contributed by atoms with E-state index in [9.17, 15) is 0 Å². The molecule has 12 heteroatoms. The molecule has 0 radical (unpaired) electrons. The quantitative estimate of drug-likeness (QED) is 0.191. The maximum Gasteiger partial charge on any atom is 0.235 e. The van der Waals surface area contributed by atoms with E-state index in [1.165, 1.54) is 29.8 Å². The average Bonchev–Trinajstić information content (AvgIpc) is 3.66. The number of halogens is 2. The number of benzene rings is 3. The van der Waals surface area contributed by atoms with Gasteiger partial charge in [0.05, 0.1) is 0 Å². The fraction of sp³-hybridized carbons (Fsp3) is 0. The van der Waals surface area contributed by atoms with E-state index >= 15 is 0 Å². The van der Waals surface area contributed by atoms with Gasteiger partial charge in [0.15, 0.2) is 11.6 Å². The van der Waals surface area contributed by atoms with Crippen molar-refractivity contribution in [1.29, 1.82) is 0 Å². The van der Waals surface area contributed by atoms with Gasteiger partial charge in [0, 0.05) is 29.4 Å². The summed E-state index contributed by atoms with van der Waals surface area (Å²) in [4.78, 5) is 1.53. The van der Waals surface area contributed by atoms with E-state index in [0.29, 0.717) is 0 Å². The minimum atomic E-state index is 0.740. The molecule has 0 atom stereocenters. The minimum absolute atomic E-state index is 0.740. The van der Waals surface area contributed by atoms with Gasteiger partial charge in [-0.2, -0.15) is 19.2 Å². The van der Waals surface area contributed by atoms with Crippen LogP contribution in [0.2, 0.25) is 0 Å². The van der Waals surface area contributed by atoms with E-state index in [0.717, 1.165) is 53.8 Å². The molecule has 7 aromatic rings. The summed E-state index contributed by atoms with van der Waals surface area (Å²) < 4.78 is 5.97. The fourth-order valence-corrected chi connectivity index (χ4v) is 6.19. The van der Waals surface area contributed by atoms with Crippen molar-refractivity contribution in [1.82, 2.24) is 39.6 Å². The van der Waals surface area contributed by atoms with Crippen LogP contribution in [0.1, 0.15) is 0 Å². The summed E-state index contributed by atoms with van der Waals surface area (Å²) in [6, 6.07) is 24.6. The first-order chi connectivity index (χ1) is 17.6. The second-order valence-electron chi connectivity index (χ2n) is 7.84. The molecule has 4 aromatic heterocycles. The summed E-state index contributed by atoms with van der Waals surface area (Å²) in [7, 11) is 0. The van der Waals surface area contributed by atoms with Crippen LogP contribution in [0.4, 0.5) is 0 Å². The Morgan fingerprint density at radius 2 is 0.833 bits per heavy atom. The van der Waals surface area contributed by atoms with E-state index in [-0.39, 0.29) is 0 Å². The summed E-state index contributed by atoms with van der Waals surface area (Å²) in [5, 5.41) is 28.7. The van der Waals surface area contributed by atoms with E-state index in [1.807, 2.05) is 33.3 Å². The van der Waals surface area contributed by atoms with E-state index in [1.54, 1.807) is 0 Å². The third kappa shape index (κ3) is 3.91. The normalized spacial score (nSPS) is 11.6. The Bertz CT molecular complexity index is 1710. The smallest absolute Gasteiger partial charge is 0.182 e. The molecule has 0 unspecified atom stereocenters. The Kier molecular flexibility index (Phi) is 5.55. The standard InChI is InChI=1S/C24H12I2N8S2/c25-17-9-5-13(6-10-17)19-27-29-23-33(19)31-21(35-23)15-1-2-16(4-3-15)22-32-34-20(28-30-24(34)36-22)14-7-11-18(26)12-8-14/h1-12H. The highest BCUT2D eigenvalue weighted by atomic mass is 127. The first-order valence-electron chi connectivity index (χ1n) is 10.7. The summed E-state index contributed by atoms with van der Waals surface area (Å²) in [5.74, 6) is 1.48. The van der Waals surface area contributed by atoms with Gasteiger partial charge in [-0.1, -0.05) is 71.2 Å². The van der Waals surface area contributed by atoms with Gasteiger partial charge in [-0.15, -0.1) is 20.4 Å². The first-order valence-corrected chi connectivity index (χ1v) is 14.5. The largest absolute Gasteiger partial charge is 0.235 e. The van der Waals surface area contributed by atoms with Gasteiger partial charge in [-0.25, -0.2) is 0 Å². The Balaban J connectivity index is 1.20. The lowest BCUT2D eigenvalue weighted by molar-refractivity contribution is 0.969. The van der Waals surface area contributed by atoms with E-state index in [4.69, 9.17) is 10.2 Å². The van der Waals surface area contributed by atoms with Gasteiger partial charge < -0.3 is 0 Å². The highest BCUT2D eigenvalue weighted by Crippen LogP contribution is 2.32. The lowest BCUT2D eigenvalue weighted by atomic mass is 10.1. The number of hydrogen-bond acceptors (Lipinski definition) is 8. The van der Waals surface area contributed by atoms with Crippen LogP contribution in [0, 0.1) is 7.14 Å². The highest BCUT2D eigenvalue weighted by molar-refractivity contribution is 14.1. The molecule has 3 aromatic carbocycles. The zero-order valence-electron chi connectivity index (χ0n) is 18.1. The van der Waals surface area contributed by atoms with Crippen molar-refractivity contribution >= 4 is 77.8 Å². The molecule has 7 rings (SSSR count). The number of fused-ring (bicyclic) bond motifs is 2. The maximum atomic E-state index is 4.79. The molecule has 0 amide bonds. The molecule has 8 nitrogen and oxygen atoms in total. The molecule has 0 aliphatic heterocycles. The third-order valence-corrected chi connectivity index (χ3v) is 8.90. The molecule has 174 valence electrons. The molecule has 0 saturated heterocycles. The van der Waals surface area contributed by atoms with Crippen LogP contribution in [0.3, 0.4) is 0 Å². The lowest BCUT2D eigenvalue weighted by Crippen LogP contribution is -1.91. The van der Waals surface area contributed by atoms with Gasteiger partial charge in [-0.05, 0) is 69.4 Å². The monoisotopic (exact) mass is 730 g/mol. The van der Waals surface area contributed by atoms with Crippen LogP contribution in [0.15, 0.2) is 72.8 Å². The van der Waals surface area contributed by atoms with Crippen molar-refractivity contribution in [3.63, 3.8) is 0 Å². The van der Waals surface area contributed by atoms with Crippen LogP contribution >= 0.6 is 67.9 Å². The minimum Gasteiger partial charge on any atom is -0.182 e. The Hall–Kier alpha value is -2.82. The molecule has 0 aliphatic carbocycles. The molecule has 4 heterocycles. The molecule has 36 heavy (non-hydrogen) atoms. The molecule has 0 saturated carbocycles. The highest BCUT2D eigenvalue weighted by Gasteiger charge is 2.17. The zero-order chi connectivity index (χ0) is 24.2. The molecule has 0 spiro atoms. The van der Waals surface area contributed by atoms with Crippen molar-refractivity contribution in [2.75, 3.05) is 0 Å². The fourth-order valence-electron chi connectivity index (χ4n) is 3.78. The van der Waals surface area contributed by atoms with Crippen LogP contribution in [-0.2, 0) is 0 Å². The summed E-state index contributed by atoms with van der Waals surface area (Å²) in [6.45, 7) is 0. The van der Waals surface area contributed by atoms with Crippen LogP contribution in [0.25, 0.3) is 53.8 Å². The summed E-state index contributed by atoms with van der Waals surface area (Å²) in [6.07, 6.45) is 0. The van der Waals surface area contributed by atoms with E-state index < -0.39 is 0 Å². The van der Waals surface area contributed by atoms with Gasteiger partial charge >= 0.3 is 0 Å². The predicted molar refractivity (Wildman–Crippen MR) is 158 cm³/mol. The second kappa shape index (κ2) is 8.93. The van der Waals surface area contributed by atoms with Gasteiger partial charge in [-0.3, -0.25) is 0 Å². The Morgan fingerprint density at radius 3 is 1.22 bits per heavy atom. The van der Waals surface area contributed by atoms with Gasteiger partial charge in [0.25, 0.3) is 0 Å².